The summed E-state index contributed by atoms with van der Waals surface area (Å²) in [6, 6.07) is 0. The Morgan fingerprint density at radius 1 is 0.424 bits per heavy atom. The fourth-order valence-corrected chi connectivity index (χ4v) is 1.96. The summed E-state index contributed by atoms with van der Waals surface area (Å²) in [4.78, 5) is 0. The molecule has 0 aliphatic heterocycles. The first-order valence-corrected chi connectivity index (χ1v) is 7.75. The van der Waals surface area contributed by atoms with Gasteiger partial charge >= 0.3 is 101 Å². The zero-order chi connectivity index (χ0) is 27.0. The first-order valence-electron chi connectivity index (χ1n) is 6.31. The van der Waals surface area contributed by atoms with Crippen LogP contribution in [-0.2, 0) is 10.1 Å². The molecule has 0 unspecified atom stereocenters. The molecule has 0 bridgehead atoms. The normalized spacial score (nSPS) is 16.5. The van der Waals surface area contributed by atoms with E-state index in [1.165, 1.54) is 0 Å². The predicted molar refractivity (Wildman–Crippen MR) is 65.2 cm³/mol. The zero-order valence-corrected chi connectivity index (χ0v) is 17.1. The van der Waals surface area contributed by atoms with Crippen LogP contribution in [-0.4, -0.2) is 104 Å². The molecule has 0 atom stereocenters. The number of hydrogen-bond donors (Lipinski definition) is 1. The van der Waals surface area contributed by atoms with E-state index in [4.69, 9.17) is 4.55 Å². The minimum absolute atomic E-state index is 0. The third-order valence-electron chi connectivity index (χ3n) is 3.41. The third kappa shape index (κ3) is 4.34. The quantitative estimate of drug-likeness (QED) is 0.236. The van der Waals surface area contributed by atoms with Gasteiger partial charge in [0.25, 0.3) is 0 Å². The Bertz CT molecular complexity index is 839. The van der Waals surface area contributed by atoms with Crippen molar-refractivity contribution in [2.24, 2.45) is 0 Å². The van der Waals surface area contributed by atoms with Crippen molar-refractivity contribution in [1.82, 2.24) is 0 Å². The van der Waals surface area contributed by atoms with E-state index in [9.17, 15) is 91.8 Å². The van der Waals surface area contributed by atoms with E-state index in [-0.39, 0.29) is 40.6 Å². The van der Waals surface area contributed by atoms with E-state index >= 15 is 0 Å². The smallest absolute Gasteiger partial charge is 1.00 e. The van der Waals surface area contributed by atoms with E-state index < -0.39 is 63.0 Å². The van der Waals surface area contributed by atoms with Gasteiger partial charge < -0.3 is 2.85 Å². The van der Waals surface area contributed by atoms with Gasteiger partial charge in [-0.05, 0) is 0 Å². The van der Waals surface area contributed by atoms with Gasteiger partial charge in [-0.2, -0.15) is 91.8 Å². The molecule has 0 radical (unpaired) electrons. The van der Waals surface area contributed by atoms with Gasteiger partial charge in [0.1, 0.15) is 0 Å². The molecule has 0 fully saturated rings. The van der Waals surface area contributed by atoms with Crippen LogP contribution in [0.3, 0.4) is 0 Å². The Kier molecular flexibility index (Phi) is 8.97. The average Bonchev–Trinajstić information content (AvgIpc) is 2.51. The molecule has 0 aromatic carbocycles. The van der Waals surface area contributed by atoms with Crippen LogP contribution >= 0.6 is 0 Å². The van der Waals surface area contributed by atoms with E-state index in [0.717, 1.165) is 0 Å². The van der Waals surface area contributed by atoms with Gasteiger partial charge in [0.15, 0.2) is 0 Å². The van der Waals surface area contributed by atoms with E-state index in [1.54, 1.807) is 0 Å². The van der Waals surface area contributed by atoms with Crippen LogP contribution in [0.25, 0.3) is 0 Å². The summed E-state index contributed by atoms with van der Waals surface area (Å²) in [7, 11) is -8.00. The molecule has 1 N–H and O–H groups in total. The van der Waals surface area contributed by atoms with Gasteiger partial charge in [0.05, 0.1) is 0 Å². The van der Waals surface area contributed by atoms with Crippen LogP contribution in [0.5, 0.6) is 0 Å². The molecule has 0 aromatic rings. The molecule has 0 saturated heterocycles. The Morgan fingerprint density at radius 2 is 0.606 bits per heavy atom. The molecular weight excluding hydrogens is 589 g/mol. The standard InChI is InChI=1S/C9HF19O3S.Ca.2H/c10-1(11,2(12,13)4(16,17)6(20,21)8(24,25)26)3(14,15)5(18,19)7(22,23)9(27,28)32(29,30)31;;;/h(H,29,30,31);;;/q;+2;2*-1. The predicted octanol–water partition coefficient (Wildman–Crippen LogP) is 5.32. The maximum absolute atomic E-state index is 13.2. The number of hydrogen-bond acceptors (Lipinski definition) is 2. The monoisotopic (exact) mass is 592 g/mol. The fraction of sp³-hybridized carbons (Fsp3) is 1.00. The number of halogens is 19. The van der Waals surface area contributed by atoms with Crippen LogP contribution in [0, 0.1) is 0 Å². The fourth-order valence-electron chi connectivity index (χ4n) is 1.51. The van der Waals surface area contributed by atoms with Gasteiger partial charge in [-0.15, -0.1) is 0 Å². The summed E-state index contributed by atoms with van der Waals surface area (Å²) in [5.74, 6) is -62.2. The van der Waals surface area contributed by atoms with Crippen LogP contribution in [0.4, 0.5) is 83.4 Å². The zero-order valence-electron chi connectivity index (χ0n) is 16.1. The third-order valence-corrected chi connectivity index (χ3v) is 4.32. The van der Waals surface area contributed by atoms with Gasteiger partial charge in [-0.1, -0.05) is 0 Å². The van der Waals surface area contributed by atoms with Gasteiger partial charge in [0.2, 0.25) is 0 Å². The molecule has 0 amide bonds. The summed E-state index contributed by atoms with van der Waals surface area (Å²) < 4.78 is 270. The summed E-state index contributed by atoms with van der Waals surface area (Å²) in [5.41, 5.74) is 0. The van der Waals surface area contributed by atoms with Crippen LogP contribution in [0.2, 0.25) is 0 Å². The molecule has 33 heavy (non-hydrogen) atoms. The minimum atomic E-state index is -9.15. The summed E-state index contributed by atoms with van der Waals surface area (Å²) in [5, 5.41) is -7.96. The Balaban J connectivity index is -0.00000160. The SMILES string of the molecule is O=S(=O)(O)C(F)(F)C(F)(F)C(F)(F)C(F)(F)C(F)(F)C(F)(F)C(F)(F)C(F)(F)C(F)(F)F.[Ca+2].[H-].[H-]. The van der Waals surface area contributed by atoms with Crippen molar-refractivity contribution < 1.29 is 99.2 Å². The van der Waals surface area contributed by atoms with Gasteiger partial charge in [0, 0.05) is 0 Å². The summed E-state index contributed by atoms with van der Waals surface area (Å²) in [6.07, 6.45) is -7.99. The van der Waals surface area contributed by atoms with Crippen molar-refractivity contribution in [3.8, 4) is 0 Å². The average molecular weight is 592 g/mol. The maximum atomic E-state index is 13.2. The molecular formula is C9H3CaF19O3S. The first-order chi connectivity index (χ1) is 13.2. The molecule has 0 saturated carbocycles. The van der Waals surface area contributed by atoms with Crippen molar-refractivity contribution >= 4 is 47.9 Å². The van der Waals surface area contributed by atoms with Crippen molar-refractivity contribution in [2.75, 3.05) is 0 Å². The van der Waals surface area contributed by atoms with Gasteiger partial charge in [-0.25, -0.2) is 0 Å². The topological polar surface area (TPSA) is 54.4 Å². The van der Waals surface area contributed by atoms with E-state index in [2.05, 4.69) is 0 Å². The summed E-state index contributed by atoms with van der Waals surface area (Å²) in [6.45, 7) is 0. The maximum Gasteiger partial charge on any atom is 2.00 e. The second kappa shape index (κ2) is 8.46. The number of rotatable bonds is 8. The molecule has 0 aliphatic rings. The first kappa shape index (κ1) is 35.0. The Morgan fingerprint density at radius 3 is 0.788 bits per heavy atom. The molecule has 0 rings (SSSR count). The molecule has 24 heteroatoms. The molecule has 198 valence electrons. The summed E-state index contributed by atoms with van der Waals surface area (Å²) >= 11 is 0. The van der Waals surface area contributed by atoms with Crippen molar-refractivity contribution in [3.05, 3.63) is 0 Å². The number of alkyl halides is 19. The largest absolute Gasteiger partial charge is 2.00 e. The Labute approximate surface area is 200 Å². The molecule has 0 spiro atoms. The van der Waals surface area contributed by atoms with Crippen LogP contribution in [0.1, 0.15) is 2.85 Å². The van der Waals surface area contributed by atoms with Crippen molar-refractivity contribution in [3.63, 3.8) is 0 Å². The van der Waals surface area contributed by atoms with Crippen LogP contribution in [0.15, 0.2) is 0 Å². The second-order valence-corrected chi connectivity index (χ2v) is 6.97. The van der Waals surface area contributed by atoms with Crippen LogP contribution < -0.4 is 0 Å². The molecule has 3 nitrogen and oxygen atoms in total. The van der Waals surface area contributed by atoms with E-state index in [1.807, 2.05) is 0 Å². The molecule has 0 aromatic heterocycles. The molecule has 0 heterocycles. The van der Waals surface area contributed by atoms with Crippen molar-refractivity contribution in [2.45, 2.75) is 52.9 Å². The molecule has 0 aliphatic carbocycles. The Hall–Kier alpha value is -0.160. The van der Waals surface area contributed by atoms with Gasteiger partial charge in [-0.3, -0.25) is 4.55 Å². The van der Waals surface area contributed by atoms with Crippen molar-refractivity contribution in [1.29, 1.82) is 0 Å². The minimum Gasteiger partial charge on any atom is -1.00 e. The second-order valence-electron chi connectivity index (χ2n) is 5.51. The van der Waals surface area contributed by atoms with E-state index in [0.29, 0.717) is 0 Å².